The maximum atomic E-state index is 12.6. The van der Waals surface area contributed by atoms with Crippen LogP contribution in [0.5, 0.6) is 0 Å². The molecular weight excluding hydrogens is 314 g/mol. The Morgan fingerprint density at radius 2 is 1.78 bits per heavy atom. The monoisotopic (exact) mass is 339 g/mol. The van der Waals surface area contributed by atoms with Gasteiger partial charge in [0.05, 0.1) is 5.92 Å². The molecule has 5 nitrogen and oxygen atoms in total. The highest BCUT2D eigenvalue weighted by Gasteiger charge is 2.29. The lowest BCUT2D eigenvalue weighted by Crippen LogP contribution is -2.44. The summed E-state index contributed by atoms with van der Waals surface area (Å²) in [5.74, 6) is -0.118. The Labute approximate surface area is 143 Å². The van der Waals surface area contributed by atoms with E-state index in [9.17, 15) is 9.59 Å². The van der Waals surface area contributed by atoms with Gasteiger partial charge in [-0.25, -0.2) is 0 Å². The van der Waals surface area contributed by atoms with Gasteiger partial charge < -0.3 is 16.4 Å². The highest BCUT2D eigenvalue weighted by atomic mass is 35.5. The van der Waals surface area contributed by atoms with Gasteiger partial charge >= 0.3 is 0 Å². The number of primary amides is 1. The number of nitrogens with two attached hydrogens (primary N) is 2. The van der Waals surface area contributed by atoms with E-state index in [-0.39, 0.29) is 36.2 Å². The maximum Gasteiger partial charge on any atom is 0.227 e. The molecule has 1 aliphatic heterocycles. The Morgan fingerprint density at radius 3 is 2.30 bits per heavy atom. The van der Waals surface area contributed by atoms with Gasteiger partial charge in [0, 0.05) is 25.6 Å². The van der Waals surface area contributed by atoms with Crippen molar-refractivity contribution in [1.29, 1.82) is 0 Å². The minimum atomic E-state index is -0.294. The van der Waals surface area contributed by atoms with E-state index in [2.05, 4.69) is 0 Å². The van der Waals surface area contributed by atoms with E-state index < -0.39 is 0 Å². The first-order valence-corrected chi connectivity index (χ1v) is 7.86. The molecule has 0 aromatic heterocycles. The van der Waals surface area contributed by atoms with Gasteiger partial charge in [-0.15, -0.1) is 12.4 Å². The highest BCUT2D eigenvalue weighted by Crippen LogP contribution is 2.25. The zero-order chi connectivity index (χ0) is 16.1. The minimum Gasteiger partial charge on any atom is -0.370 e. The van der Waals surface area contributed by atoms with Gasteiger partial charge in [0.2, 0.25) is 11.8 Å². The number of amides is 2. The molecule has 0 spiro atoms. The first-order valence-electron chi connectivity index (χ1n) is 7.86. The van der Waals surface area contributed by atoms with Crippen LogP contribution in [-0.2, 0) is 9.59 Å². The summed E-state index contributed by atoms with van der Waals surface area (Å²) in [7, 11) is 0. The predicted molar refractivity (Wildman–Crippen MR) is 92.9 cm³/mol. The van der Waals surface area contributed by atoms with Crippen molar-refractivity contribution in [3.63, 3.8) is 0 Å². The van der Waals surface area contributed by atoms with Crippen molar-refractivity contribution < 1.29 is 9.59 Å². The molecule has 6 heteroatoms. The molecule has 0 saturated carbocycles. The zero-order valence-corrected chi connectivity index (χ0v) is 14.3. The average Bonchev–Trinajstić information content (AvgIpc) is 2.54. The van der Waals surface area contributed by atoms with Crippen LogP contribution in [0.1, 0.15) is 37.8 Å². The van der Waals surface area contributed by atoms with Gasteiger partial charge in [0.1, 0.15) is 0 Å². The number of piperidine rings is 1. The number of rotatable bonds is 5. The summed E-state index contributed by atoms with van der Waals surface area (Å²) in [6.45, 7) is 3.25. The fourth-order valence-corrected chi connectivity index (χ4v) is 3.05. The SMILES string of the molecule is CC(C(=O)N1CCC(CC(N)=O)CC1)C(N)c1ccccc1.Cl. The van der Waals surface area contributed by atoms with E-state index in [1.165, 1.54) is 0 Å². The molecule has 1 aliphatic rings. The third-order valence-corrected chi connectivity index (χ3v) is 4.53. The minimum absolute atomic E-state index is 0. The van der Waals surface area contributed by atoms with Crippen LogP contribution in [0.2, 0.25) is 0 Å². The van der Waals surface area contributed by atoms with E-state index in [1.807, 2.05) is 42.2 Å². The number of nitrogens with zero attached hydrogens (tertiary/aromatic N) is 1. The summed E-state index contributed by atoms with van der Waals surface area (Å²) in [6.07, 6.45) is 2.09. The number of hydrogen-bond acceptors (Lipinski definition) is 3. The first-order chi connectivity index (χ1) is 10.5. The van der Waals surface area contributed by atoms with E-state index in [0.717, 1.165) is 18.4 Å². The largest absolute Gasteiger partial charge is 0.370 e. The Balaban J connectivity index is 0.00000264. The number of benzene rings is 1. The highest BCUT2D eigenvalue weighted by molar-refractivity contribution is 5.85. The maximum absolute atomic E-state index is 12.6. The molecular formula is C17H26ClN3O2. The van der Waals surface area contributed by atoms with Crippen LogP contribution in [0.25, 0.3) is 0 Å². The molecule has 2 atom stereocenters. The molecule has 1 heterocycles. The van der Waals surface area contributed by atoms with E-state index in [0.29, 0.717) is 25.4 Å². The van der Waals surface area contributed by atoms with Crippen molar-refractivity contribution in [2.45, 2.75) is 32.2 Å². The summed E-state index contributed by atoms with van der Waals surface area (Å²) >= 11 is 0. The smallest absolute Gasteiger partial charge is 0.227 e. The van der Waals surface area contributed by atoms with E-state index >= 15 is 0 Å². The van der Waals surface area contributed by atoms with Crippen molar-refractivity contribution in [1.82, 2.24) is 4.90 Å². The lowest BCUT2D eigenvalue weighted by Gasteiger charge is -2.34. The quantitative estimate of drug-likeness (QED) is 0.858. The Kier molecular flexibility index (Phi) is 7.52. The van der Waals surface area contributed by atoms with Crippen LogP contribution in [0.4, 0.5) is 0 Å². The van der Waals surface area contributed by atoms with Gasteiger partial charge in [-0.05, 0) is 24.3 Å². The fraction of sp³-hybridized carbons (Fsp3) is 0.529. The van der Waals surface area contributed by atoms with Crippen molar-refractivity contribution in [3.8, 4) is 0 Å². The standard InChI is InChI=1S/C17H25N3O2.ClH/c1-12(16(19)14-5-3-2-4-6-14)17(22)20-9-7-13(8-10-20)11-15(18)21;/h2-6,12-13,16H,7-11,19H2,1H3,(H2,18,21);1H. The number of hydrogen-bond donors (Lipinski definition) is 2. The molecule has 1 aromatic rings. The fourth-order valence-electron chi connectivity index (χ4n) is 3.05. The molecule has 0 radical (unpaired) electrons. The first kappa shape index (κ1) is 19.5. The molecule has 1 fully saturated rings. The van der Waals surface area contributed by atoms with Gasteiger partial charge in [-0.1, -0.05) is 37.3 Å². The molecule has 2 unspecified atom stereocenters. The molecule has 23 heavy (non-hydrogen) atoms. The third kappa shape index (κ3) is 5.22. The molecule has 128 valence electrons. The van der Waals surface area contributed by atoms with Crippen molar-refractivity contribution in [2.24, 2.45) is 23.3 Å². The number of likely N-dealkylation sites (tertiary alicyclic amines) is 1. The molecule has 4 N–H and O–H groups in total. The molecule has 0 bridgehead atoms. The molecule has 1 saturated heterocycles. The van der Waals surface area contributed by atoms with E-state index in [4.69, 9.17) is 11.5 Å². The van der Waals surface area contributed by atoms with Crippen LogP contribution in [0.15, 0.2) is 30.3 Å². The Hall–Kier alpha value is -1.59. The predicted octanol–water partition coefficient (Wildman–Crippen LogP) is 1.86. The topological polar surface area (TPSA) is 89.4 Å². The number of carbonyl (C=O) groups is 2. The number of halogens is 1. The Morgan fingerprint density at radius 1 is 1.22 bits per heavy atom. The van der Waals surface area contributed by atoms with Crippen molar-refractivity contribution >= 4 is 24.2 Å². The lowest BCUT2D eigenvalue weighted by atomic mass is 9.90. The van der Waals surface area contributed by atoms with Crippen LogP contribution >= 0.6 is 12.4 Å². The van der Waals surface area contributed by atoms with Crippen LogP contribution in [0.3, 0.4) is 0 Å². The summed E-state index contributed by atoms with van der Waals surface area (Å²) in [6, 6.07) is 9.41. The second kappa shape index (κ2) is 8.89. The Bertz CT molecular complexity index is 516. The van der Waals surface area contributed by atoms with Crippen LogP contribution < -0.4 is 11.5 Å². The van der Waals surface area contributed by atoms with Gasteiger partial charge in [0.15, 0.2) is 0 Å². The molecule has 2 amide bonds. The summed E-state index contributed by atoms with van der Waals surface area (Å²) in [5, 5.41) is 0. The van der Waals surface area contributed by atoms with Gasteiger partial charge in [-0.3, -0.25) is 9.59 Å². The van der Waals surface area contributed by atoms with Crippen molar-refractivity contribution in [3.05, 3.63) is 35.9 Å². The normalized spacial score (nSPS) is 17.9. The zero-order valence-electron chi connectivity index (χ0n) is 13.5. The second-order valence-electron chi connectivity index (χ2n) is 6.16. The lowest BCUT2D eigenvalue weighted by molar-refractivity contribution is -0.137. The molecule has 1 aromatic carbocycles. The van der Waals surface area contributed by atoms with Crippen molar-refractivity contribution in [2.75, 3.05) is 13.1 Å². The summed E-state index contributed by atoms with van der Waals surface area (Å²) in [5.41, 5.74) is 12.4. The number of carbonyl (C=O) groups excluding carboxylic acids is 2. The molecule has 2 rings (SSSR count). The van der Waals surface area contributed by atoms with Gasteiger partial charge in [-0.2, -0.15) is 0 Å². The van der Waals surface area contributed by atoms with E-state index in [1.54, 1.807) is 0 Å². The summed E-state index contributed by atoms with van der Waals surface area (Å²) < 4.78 is 0. The average molecular weight is 340 g/mol. The van der Waals surface area contributed by atoms with Crippen LogP contribution in [0, 0.1) is 11.8 Å². The van der Waals surface area contributed by atoms with Crippen LogP contribution in [-0.4, -0.2) is 29.8 Å². The molecule has 0 aliphatic carbocycles. The second-order valence-corrected chi connectivity index (χ2v) is 6.16. The third-order valence-electron chi connectivity index (χ3n) is 4.53. The van der Waals surface area contributed by atoms with Gasteiger partial charge in [0.25, 0.3) is 0 Å². The summed E-state index contributed by atoms with van der Waals surface area (Å²) in [4.78, 5) is 25.4.